The van der Waals surface area contributed by atoms with Gasteiger partial charge in [-0.1, -0.05) is 31.4 Å². The highest BCUT2D eigenvalue weighted by molar-refractivity contribution is 7.80. The zero-order valence-corrected chi connectivity index (χ0v) is 11.4. The first-order valence-corrected chi connectivity index (χ1v) is 6.73. The molecule has 0 aromatic carbocycles. The quantitative estimate of drug-likeness (QED) is 0.599. The van der Waals surface area contributed by atoms with Crippen LogP contribution in [0.2, 0.25) is 0 Å². The molecular weight excluding hydrogens is 240 g/mol. The fraction of sp³-hybridized carbons (Fsp3) is 0.818. The fourth-order valence-corrected chi connectivity index (χ4v) is 2.15. The minimum absolute atomic E-state index is 0.287. The summed E-state index contributed by atoms with van der Waals surface area (Å²) in [6, 6.07) is 0. The van der Waals surface area contributed by atoms with Crippen LogP contribution in [0, 0.1) is 0 Å². The molecule has 5 heteroatoms. The number of thiocarbonyl (C=S) groups is 2. The van der Waals surface area contributed by atoms with E-state index in [1.54, 1.807) is 0 Å². The van der Waals surface area contributed by atoms with Crippen LogP contribution in [0.15, 0.2) is 0 Å². The Morgan fingerprint density at radius 3 is 2.62 bits per heavy atom. The third-order valence-corrected chi connectivity index (χ3v) is 3.08. The molecule has 1 heterocycles. The Morgan fingerprint density at radius 1 is 1.25 bits per heavy atom. The van der Waals surface area contributed by atoms with Crippen molar-refractivity contribution in [1.29, 1.82) is 0 Å². The van der Waals surface area contributed by atoms with E-state index < -0.39 is 0 Å². The summed E-state index contributed by atoms with van der Waals surface area (Å²) in [5.41, 5.74) is 5.93. The Kier molecular flexibility index (Phi) is 6.84. The van der Waals surface area contributed by atoms with Crippen molar-refractivity contribution < 1.29 is 4.74 Å². The highest BCUT2D eigenvalue weighted by atomic mass is 32.1. The van der Waals surface area contributed by atoms with Crippen LogP contribution >= 0.6 is 24.4 Å². The normalized spacial score (nSPS) is 20.2. The molecule has 92 valence electrons. The number of nitrogens with one attached hydrogen (secondary N) is 2. The lowest BCUT2D eigenvalue weighted by molar-refractivity contribution is 0.0209. The molecule has 1 saturated heterocycles. The monoisotopic (exact) mass is 260 g/mol. The minimum Gasteiger partial charge on any atom is -0.378 e. The van der Waals surface area contributed by atoms with E-state index in [1.807, 2.05) is 0 Å². The van der Waals surface area contributed by atoms with Gasteiger partial charge in [-0.15, -0.1) is 0 Å². The molecule has 16 heavy (non-hydrogen) atoms. The van der Waals surface area contributed by atoms with Gasteiger partial charge in [-0.2, -0.15) is 0 Å². The molecule has 1 aliphatic rings. The molecule has 0 aliphatic carbocycles. The molecule has 0 aromatic heterocycles. The van der Waals surface area contributed by atoms with Crippen LogP contribution in [-0.2, 0) is 4.74 Å². The van der Waals surface area contributed by atoms with Gasteiger partial charge in [0.15, 0.2) is 0 Å². The maximum absolute atomic E-state index is 5.61. The predicted octanol–water partition coefficient (Wildman–Crippen LogP) is 2.49. The second-order valence-electron chi connectivity index (χ2n) is 4.04. The van der Waals surface area contributed by atoms with Gasteiger partial charge in [0.05, 0.1) is 16.1 Å². The lowest BCUT2D eigenvalue weighted by atomic mass is 10.1. The standard InChI is InChI=1S/C11H20N2OS2/c1-2-5-10(15)12-13-11(16)8-9-6-3-4-7-14-9/h9H,2-8H2,1H3,(H,12,15)(H,13,16). The zero-order chi connectivity index (χ0) is 11.8. The van der Waals surface area contributed by atoms with Crippen LogP contribution in [0.25, 0.3) is 0 Å². The van der Waals surface area contributed by atoms with Crippen LogP contribution in [0.3, 0.4) is 0 Å². The lowest BCUT2D eigenvalue weighted by Gasteiger charge is -2.23. The van der Waals surface area contributed by atoms with E-state index in [9.17, 15) is 0 Å². The molecule has 1 atom stereocenters. The summed E-state index contributed by atoms with van der Waals surface area (Å²) >= 11 is 10.3. The summed E-state index contributed by atoms with van der Waals surface area (Å²) in [6.07, 6.45) is 6.55. The van der Waals surface area contributed by atoms with Gasteiger partial charge in [-0.25, -0.2) is 0 Å². The molecule has 0 saturated carbocycles. The van der Waals surface area contributed by atoms with E-state index in [1.165, 1.54) is 12.8 Å². The molecule has 1 unspecified atom stereocenters. The number of ether oxygens (including phenoxy) is 1. The molecule has 1 rings (SSSR count). The second kappa shape index (κ2) is 7.92. The largest absolute Gasteiger partial charge is 0.378 e. The number of hydrazine groups is 1. The maximum Gasteiger partial charge on any atom is 0.0965 e. The van der Waals surface area contributed by atoms with Crippen LogP contribution in [0.1, 0.15) is 45.4 Å². The fourth-order valence-electron chi connectivity index (χ4n) is 1.66. The molecule has 2 N–H and O–H groups in total. The number of rotatable bonds is 4. The van der Waals surface area contributed by atoms with E-state index in [0.717, 1.165) is 42.3 Å². The molecular formula is C11H20N2OS2. The van der Waals surface area contributed by atoms with Crippen molar-refractivity contribution in [2.75, 3.05) is 6.61 Å². The topological polar surface area (TPSA) is 33.3 Å². The van der Waals surface area contributed by atoms with Gasteiger partial charge in [0.2, 0.25) is 0 Å². The molecule has 1 fully saturated rings. The van der Waals surface area contributed by atoms with Gasteiger partial charge in [0.25, 0.3) is 0 Å². The predicted molar refractivity (Wildman–Crippen MR) is 74.6 cm³/mol. The van der Waals surface area contributed by atoms with E-state index in [2.05, 4.69) is 17.8 Å². The van der Waals surface area contributed by atoms with Crippen molar-refractivity contribution in [1.82, 2.24) is 10.9 Å². The van der Waals surface area contributed by atoms with Crippen molar-refractivity contribution >= 4 is 34.4 Å². The van der Waals surface area contributed by atoms with E-state index >= 15 is 0 Å². The van der Waals surface area contributed by atoms with Crippen LogP contribution in [0.5, 0.6) is 0 Å². The third-order valence-electron chi connectivity index (χ3n) is 2.51. The summed E-state index contributed by atoms with van der Waals surface area (Å²) in [7, 11) is 0. The van der Waals surface area contributed by atoms with Crippen LogP contribution in [-0.4, -0.2) is 22.7 Å². The van der Waals surface area contributed by atoms with Crippen molar-refractivity contribution in [3.8, 4) is 0 Å². The van der Waals surface area contributed by atoms with E-state index in [0.29, 0.717) is 0 Å². The van der Waals surface area contributed by atoms with Gasteiger partial charge in [-0.05, 0) is 32.1 Å². The van der Waals surface area contributed by atoms with E-state index in [4.69, 9.17) is 29.2 Å². The smallest absolute Gasteiger partial charge is 0.0965 e. The first-order valence-electron chi connectivity index (χ1n) is 5.91. The van der Waals surface area contributed by atoms with Gasteiger partial charge in [0, 0.05) is 13.0 Å². The molecule has 0 bridgehead atoms. The third kappa shape index (κ3) is 5.72. The Balaban J connectivity index is 2.12. The summed E-state index contributed by atoms with van der Waals surface area (Å²) in [6.45, 7) is 2.97. The van der Waals surface area contributed by atoms with Crippen molar-refractivity contribution in [3.05, 3.63) is 0 Å². The Labute approximate surface area is 108 Å². The summed E-state index contributed by atoms with van der Waals surface area (Å²) in [5, 5.41) is 0. The van der Waals surface area contributed by atoms with Crippen LogP contribution < -0.4 is 10.9 Å². The SMILES string of the molecule is CCCC(=S)NNC(=S)CC1CCCCO1. The Morgan fingerprint density at radius 2 is 2.00 bits per heavy atom. The molecule has 1 aliphatic heterocycles. The summed E-state index contributed by atoms with van der Waals surface area (Å²) < 4.78 is 5.61. The second-order valence-corrected chi connectivity index (χ2v) is 5.02. The highest BCUT2D eigenvalue weighted by Gasteiger charge is 2.15. The average Bonchev–Trinajstić information content (AvgIpc) is 2.28. The van der Waals surface area contributed by atoms with Crippen molar-refractivity contribution in [3.63, 3.8) is 0 Å². The molecule has 0 spiro atoms. The Hall–Kier alpha value is -0.260. The summed E-state index contributed by atoms with van der Waals surface area (Å²) in [4.78, 5) is 1.60. The van der Waals surface area contributed by atoms with Gasteiger partial charge >= 0.3 is 0 Å². The molecule has 0 amide bonds. The first-order chi connectivity index (χ1) is 7.72. The Bertz CT molecular complexity index is 240. The van der Waals surface area contributed by atoms with Crippen molar-refractivity contribution in [2.24, 2.45) is 0 Å². The summed E-state index contributed by atoms with van der Waals surface area (Å²) in [5.74, 6) is 0. The van der Waals surface area contributed by atoms with Gasteiger partial charge < -0.3 is 4.74 Å². The van der Waals surface area contributed by atoms with Gasteiger partial charge in [0.1, 0.15) is 0 Å². The van der Waals surface area contributed by atoms with Crippen molar-refractivity contribution in [2.45, 2.75) is 51.6 Å². The number of hydrogen-bond acceptors (Lipinski definition) is 3. The van der Waals surface area contributed by atoms with Gasteiger partial charge in [-0.3, -0.25) is 10.9 Å². The van der Waals surface area contributed by atoms with E-state index in [-0.39, 0.29) is 6.10 Å². The zero-order valence-electron chi connectivity index (χ0n) is 9.75. The first kappa shape index (κ1) is 13.8. The lowest BCUT2D eigenvalue weighted by Crippen LogP contribution is -2.41. The molecule has 0 radical (unpaired) electrons. The van der Waals surface area contributed by atoms with Crippen LogP contribution in [0.4, 0.5) is 0 Å². The minimum atomic E-state index is 0.287. The molecule has 0 aromatic rings. The molecule has 3 nitrogen and oxygen atoms in total. The maximum atomic E-state index is 5.61. The average molecular weight is 260 g/mol. The highest BCUT2D eigenvalue weighted by Crippen LogP contribution is 2.15. The number of hydrogen-bond donors (Lipinski definition) is 2.